The maximum absolute atomic E-state index is 13.3. The molecule has 2 saturated heterocycles. The first kappa shape index (κ1) is 22.4. The van der Waals surface area contributed by atoms with Crippen molar-refractivity contribution >= 4 is 17.4 Å². The summed E-state index contributed by atoms with van der Waals surface area (Å²) in [5, 5.41) is 0. The summed E-state index contributed by atoms with van der Waals surface area (Å²) in [7, 11) is 0. The normalized spacial score (nSPS) is 20.8. The van der Waals surface area contributed by atoms with E-state index in [1.807, 2.05) is 35.2 Å². The maximum Gasteiger partial charge on any atom is 0.276 e. The van der Waals surface area contributed by atoms with Crippen molar-refractivity contribution < 1.29 is 4.79 Å². The molecule has 0 aliphatic carbocycles. The number of amides is 1. The lowest BCUT2D eigenvalue weighted by Gasteiger charge is -2.39. The highest BCUT2D eigenvalue weighted by atomic mass is 16.2. The molecule has 1 aromatic heterocycles. The number of hydrogen-bond acceptors (Lipinski definition) is 5. The van der Waals surface area contributed by atoms with Crippen LogP contribution in [0.2, 0.25) is 0 Å². The van der Waals surface area contributed by atoms with Crippen LogP contribution in [-0.4, -0.2) is 78.6 Å². The Morgan fingerprint density at radius 1 is 0.909 bits per heavy atom. The fraction of sp³-hybridized carbons (Fsp3) is 0.556. The van der Waals surface area contributed by atoms with E-state index in [1.54, 1.807) is 0 Å². The first-order valence-electron chi connectivity index (χ1n) is 12.7. The molecular formula is C27H37N5O. The number of para-hydroxylation sites is 1. The first-order valence-corrected chi connectivity index (χ1v) is 12.7. The molecule has 4 heterocycles. The Kier molecular flexibility index (Phi) is 6.65. The predicted octanol–water partition coefficient (Wildman–Crippen LogP) is 3.67. The summed E-state index contributed by atoms with van der Waals surface area (Å²) in [6, 6.07) is 15.5. The van der Waals surface area contributed by atoms with Gasteiger partial charge in [-0.1, -0.05) is 24.3 Å². The van der Waals surface area contributed by atoms with Crippen LogP contribution in [0.4, 0.5) is 11.5 Å². The summed E-state index contributed by atoms with van der Waals surface area (Å²) in [6.07, 6.45) is 4.61. The molecule has 3 aliphatic heterocycles. The van der Waals surface area contributed by atoms with Crippen molar-refractivity contribution in [2.24, 2.45) is 0 Å². The number of anilines is 2. The number of aromatic nitrogens is 1. The van der Waals surface area contributed by atoms with E-state index in [1.165, 1.54) is 31.5 Å². The van der Waals surface area contributed by atoms with Crippen LogP contribution in [0.3, 0.4) is 0 Å². The number of carbonyl (C=O) groups is 1. The van der Waals surface area contributed by atoms with Gasteiger partial charge in [0.05, 0.1) is 0 Å². The van der Waals surface area contributed by atoms with E-state index in [9.17, 15) is 4.79 Å². The molecule has 5 rings (SSSR count). The van der Waals surface area contributed by atoms with E-state index in [2.05, 4.69) is 40.7 Å². The molecule has 2 fully saturated rings. The van der Waals surface area contributed by atoms with Gasteiger partial charge < -0.3 is 14.7 Å². The van der Waals surface area contributed by atoms with Gasteiger partial charge in [0.2, 0.25) is 0 Å². The van der Waals surface area contributed by atoms with Gasteiger partial charge in [-0.25, -0.2) is 4.98 Å². The van der Waals surface area contributed by atoms with Gasteiger partial charge in [0.15, 0.2) is 0 Å². The number of hydrogen-bond donors (Lipinski definition) is 0. The molecule has 176 valence electrons. The Bertz CT molecular complexity index is 968. The molecule has 2 aromatic rings. The smallest absolute Gasteiger partial charge is 0.276 e. The molecule has 0 saturated carbocycles. The topological polar surface area (TPSA) is 42.9 Å². The molecule has 0 unspecified atom stereocenters. The Labute approximate surface area is 198 Å². The second-order valence-electron chi connectivity index (χ2n) is 9.95. The summed E-state index contributed by atoms with van der Waals surface area (Å²) in [5.74, 6) is 0.944. The van der Waals surface area contributed by atoms with Crippen molar-refractivity contribution in [3.63, 3.8) is 0 Å². The van der Waals surface area contributed by atoms with Gasteiger partial charge in [0.25, 0.3) is 5.91 Å². The van der Waals surface area contributed by atoms with E-state index in [4.69, 9.17) is 4.98 Å². The zero-order valence-corrected chi connectivity index (χ0v) is 20.1. The lowest BCUT2D eigenvalue weighted by Crippen LogP contribution is -2.47. The first-order chi connectivity index (χ1) is 16.1. The van der Waals surface area contributed by atoms with Crippen LogP contribution >= 0.6 is 0 Å². The molecule has 0 bridgehead atoms. The number of benzene rings is 1. The van der Waals surface area contributed by atoms with E-state index in [-0.39, 0.29) is 5.91 Å². The number of rotatable bonds is 4. The Balaban J connectivity index is 1.23. The lowest BCUT2D eigenvalue weighted by atomic mass is 10.0. The number of fused-ring (bicyclic) bond motifs is 1. The summed E-state index contributed by atoms with van der Waals surface area (Å²) in [5.41, 5.74) is 2.82. The average Bonchev–Trinajstić information content (AvgIpc) is 3.12. The van der Waals surface area contributed by atoms with E-state index in [0.29, 0.717) is 17.8 Å². The van der Waals surface area contributed by atoms with Gasteiger partial charge in [0.1, 0.15) is 11.5 Å². The Morgan fingerprint density at radius 3 is 2.55 bits per heavy atom. The molecule has 0 spiro atoms. The van der Waals surface area contributed by atoms with Crippen molar-refractivity contribution in [3.05, 3.63) is 53.7 Å². The molecule has 1 amide bonds. The molecule has 6 heteroatoms. The third-order valence-electron chi connectivity index (χ3n) is 7.69. The third kappa shape index (κ3) is 4.78. The molecule has 0 N–H and O–H groups in total. The highest BCUT2D eigenvalue weighted by Gasteiger charge is 2.29. The van der Waals surface area contributed by atoms with Crippen LogP contribution in [0.25, 0.3) is 0 Å². The fourth-order valence-electron chi connectivity index (χ4n) is 5.71. The molecule has 1 aromatic carbocycles. The van der Waals surface area contributed by atoms with Crippen LogP contribution < -0.4 is 9.80 Å². The largest absolute Gasteiger partial charge is 0.355 e. The van der Waals surface area contributed by atoms with Crippen LogP contribution in [0.15, 0.2) is 42.5 Å². The number of likely N-dealkylation sites (tertiary alicyclic amines) is 1. The molecule has 6 nitrogen and oxygen atoms in total. The Morgan fingerprint density at radius 2 is 1.73 bits per heavy atom. The van der Waals surface area contributed by atoms with E-state index >= 15 is 0 Å². The van der Waals surface area contributed by atoms with Crippen molar-refractivity contribution in [3.8, 4) is 0 Å². The summed E-state index contributed by atoms with van der Waals surface area (Å²) >= 11 is 0. The van der Waals surface area contributed by atoms with Gasteiger partial charge in [-0.05, 0) is 76.4 Å². The molecule has 33 heavy (non-hydrogen) atoms. The molecule has 0 atom stereocenters. The minimum atomic E-state index is 0.00941. The molecular weight excluding hydrogens is 410 g/mol. The van der Waals surface area contributed by atoms with Crippen LogP contribution in [0, 0.1) is 0 Å². The molecule has 0 radical (unpaired) electrons. The number of pyridine rings is 1. The molecule has 3 aliphatic rings. The second-order valence-corrected chi connectivity index (χ2v) is 9.95. The quantitative estimate of drug-likeness (QED) is 0.716. The fourth-order valence-corrected chi connectivity index (χ4v) is 5.71. The van der Waals surface area contributed by atoms with Gasteiger partial charge in [-0.2, -0.15) is 0 Å². The van der Waals surface area contributed by atoms with Gasteiger partial charge in [0, 0.05) is 50.5 Å². The predicted molar refractivity (Wildman–Crippen MR) is 134 cm³/mol. The lowest BCUT2D eigenvalue weighted by molar-refractivity contribution is 0.0965. The number of carbonyl (C=O) groups excluding carboxylic acids is 1. The van der Waals surface area contributed by atoms with Gasteiger partial charge in [-0.15, -0.1) is 0 Å². The van der Waals surface area contributed by atoms with Gasteiger partial charge in [-0.3, -0.25) is 9.69 Å². The maximum atomic E-state index is 13.3. The number of nitrogens with zero attached hydrogens (tertiary/aromatic N) is 5. The van der Waals surface area contributed by atoms with E-state index < -0.39 is 0 Å². The monoisotopic (exact) mass is 447 g/mol. The SMILES string of the molecule is CC(C)N1CCC(N2CCCN(c3cccc(C(=O)N4CCc5ccccc54)n3)CC2)CC1. The van der Waals surface area contributed by atoms with Crippen molar-refractivity contribution in [2.45, 2.75) is 51.6 Å². The summed E-state index contributed by atoms with van der Waals surface area (Å²) < 4.78 is 0. The zero-order chi connectivity index (χ0) is 22.8. The van der Waals surface area contributed by atoms with E-state index in [0.717, 1.165) is 57.1 Å². The summed E-state index contributed by atoms with van der Waals surface area (Å²) in [4.78, 5) is 27.7. The Hall–Kier alpha value is -2.44. The third-order valence-corrected chi connectivity index (χ3v) is 7.69. The van der Waals surface area contributed by atoms with Crippen LogP contribution in [0.1, 0.15) is 49.2 Å². The average molecular weight is 448 g/mol. The van der Waals surface area contributed by atoms with Crippen molar-refractivity contribution in [1.29, 1.82) is 0 Å². The standard InChI is InChI=1S/C27H37N5O/c1-21(2)29-16-12-23(13-17-29)30-14-6-15-31(20-19-30)26-10-5-8-24(28-26)27(33)32-18-11-22-7-3-4-9-25(22)32/h3-5,7-10,21,23H,6,11-20H2,1-2H3. The van der Waals surface area contributed by atoms with Crippen molar-refractivity contribution in [1.82, 2.24) is 14.8 Å². The van der Waals surface area contributed by atoms with Crippen LogP contribution in [-0.2, 0) is 6.42 Å². The van der Waals surface area contributed by atoms with Gasteiger partial charge >= 0.3 is 0 Å². The minimum Gasteiger partial charge on any atom is -0.355 e. The minimum absolute atomic E-state index is 0.00941. The summed E-state index contributed by atoms with van der Waals surface area (Å²) in [6.45, 7) is 12.0. The zero-order valence-electron chi connectivity index (χ0n) is 20.1. The number of piperidine rings is 1. The highest BCUT2D eigenvalue weighted by molar-refractivity contribution is 6.06. The second kappa shape index (κ2) is 9.82. The van der Waals surface area contributed by atoms with Crippen molar-refractivity contribution in [2.75, 3.05) is 55.6 Å². The van der Waals surface area contributed by atoms with Crippen LogP contribution in [0.5, 0.6) is 0 Å². The highest BCUT2D eigenvalue weighted by Crippen LogP contribution is 2.29.